The maximum Gasteiger partial charge on any atom is 0.214 e. The molecule has 0 radical (unpaired) electrons. The summed E-state index contributed by atoms with van der Waals surface area (Å²) in [4.78, 5) is 4.53. The number of anilines is 1. The van der Waals surface area contributed by atoms with Gasteiger partial charge >= 0.3 is 0 Å². The summed E-state index contributed by atoms with van der Waals surface area (Å²) in [7, 11) is 0. The van der Waals surface area contributed by atoms with Crippen LogP contribution >= 0.6 is 11.3 Å². The fourth-order valence-corrected chi connectivity index (χ4v) is 2.39. The van der Waals surface area contributed by atoms with E-state index in [0.717, 1.165) is 29.5 Å². The summed E-state index contributed by atoms with van der Waals surface area (Å²) in [6.07, 6.45) is 1.52. The predicted octanol–water partition coefficient (Wildman–Crippen LogP) is 2.32. The largest absolute Gasteiger partial charge is 0.382 e. The molecule has 0 aliphatic heterocycles. The van der Waals surface area contributed by atoms with Crippen molar-refractivity contribution < 1.29 is 8.78 Å². The van der Waals surface area contributed by atoms with Gasteiger partial charge in [-0.25, -0.2) is 18.3 Å². The summed E-state index contributed by atoms with van der Waals surface area (Å²) in [6.45, 7) is 0. The van der Waals surface area contributed by atoms with Gasteiger partial charge in [0.25, 0.3) is 0 Å². The summed E-state index contributed by atoms with van der Waals surface area (Å²) >= 11 is 1.15. The Balaban J connectivity index is 2.19. The molecule has 0 saturated heterocycles. The van der Waals surface area contributed by atoms with Crippen molar-refractivity contribution in [1.82, 2.24) is 14.6 Å². The molecular weight excluding hydrogens is 246 g/mol. The maximum absolute atomic E-state index is 13.5. The minimum absolute atomic E-state index is 0.124. The molecule has 0 amide bonds. The molecule has 0 spiro atoms. The third kappa shape index (κ3) is 1.64. The quantitative estimate of drug-likeness (QED) is 0.723. The molecule has 0 fully saturated rings. The number of benzene rings is 1. The van der Waals surface area contributed by atoms with E-state index in [-0.39, 0.29) is 5.56 Å². The Morgan fingerprint density at radius 3 is 2.88 bits per heavy atom. The Hall–Kier alpha value is -2.02. The molecule has 2 aromatic heterocycles. The van der Waals surface area contributed by atoms with Gasteiger partial charge in [-0.3, -0.25) is 0 Å². The fraction of sp³-hybridized carbons (Fsp3) is 0. The molecule has 2 N–H and O–H groups in total. The summed E-state index contributed by atoms with van der Waals surface area (Å²) in [5, 5.41) is 4.46. The van der Waals surface area contributed by atoms with E-state index >= 15 is 0 Å². The van der Waals surface area contributed by atoms with Crippen LogP contribution in [-0.2, 0) is 0 Å². The van der Waals surface area contributed by atoms with Crippen LogP contribution in [0.4, 0.5) is 14.6 Å². The molecule has 17 heavy (non-hydrogen) atoms. The van der Waals surface area contributed by atoms with Crippen LogP contribution in [0.3, 0.4) is 0 Å². The van der Waals surface area contributed by atoms with Gasteiger partial charge in [-0.2, -0.15) is 5.10 Å². The number of nitrogen functional groups attached to an aromatic ring is 1. The highest BCUT2D eigenvalue weighted by atomic mass is 32.1. The summed E-state index contributed by atoms with van der Waals surface area (Å²) in [5.74, 6) is -0.680. The molecule has 86 valence electrons. The smallest absolute Gasteiger partial charge is 0.214 e. The van der Waals surface area contributed by atoms with E-state index in [1.165, 1.54) is 10.7 Å². The zero-order chi connectivity index (χ0) is 12.0. The number of nitrogens with zero attached hydrogens (tertiary/aromatic N) is 3. The summed E-state index contributed by atoms with van der Waals surface area (Å²) < 4.78 is 28.0. The Morgan fingerprint density at radius 2 is 2.12 bits per heavy atom. The van der Waals surface area contributed by atoms with Gasteiger partial charge in [0.1, 0.15) is 17.5 Å². The molecule has 0 unspecified atom stereocenters. The van der Waals surface area contributed by atoms with E-state index in [2.05, 4.69) is 10.1 Å². The first-order chi connectivity index (χ1) is 8.13. The Labute approximate surface area is 98.3 Å². The van der Waals surface area contributed by atoms with Crippen molar-refractivity contribution in [2.75, 3.05) is 5.73 Å². The van der Waals surface area contributed by atoms with E-state index in [1.807, 2.05) is 0 Å². The van der Waals surface area contributed by atoms with E-state index in [4.69, 9.17) is 5.73 Å². The van der Waals surface area contributed by atoms with Gasteiger partial charge < -0.3 is 5.73 Å². The number of halogens is 2. The standard InChI is InChI=1S/C10H6F2N4S/c11-5-1-2-7(12)6(3-5)9-15-16-4-8(13)14-10(16)17-9/h1-4H,13H2. The first-order valence-electron chi connectivity index (χ1n) is 4.70. The third-order valence-corrected chi connectivity index (χ3v) is 3.18. The second-order valence-electron chi connectivity index (χ2n) is 3.42. The highest BCUT2D eigenvalue weighted by molar-refractivity contribution is 7.19. The molecule has 4 nitrogen and oxygen atoms in total. The normalized spacial score (nSPS) is 11.2. The Kier molecular flexibility index (Phi) is 2.08. The molecule has 3 rings (SSSR count). The SMILES string of the molecule is Nc1cn2nc(-c3cc(F)ccc3F)sc2n1. The van der Waals surface area contributed by atoms with Crippen LogP contribution in [0.2, 0.25) is 0 Å². The maximum atomic E-state index is 13.5. The molecule has 1 aromatic carbocycles. The van der Waals surface area contributed by atoms with Crippen molar-refractivity contribution >= 4 is 22.1 Å². The van der Waals surface area contributed by atoms with Crippen molar-refractivity contribution in [3.8, 4) is 10.6 Å². The molecule has 0 aliphatic rings. The van der Waals surface area contributed by atoms with Crippen LogP contribution in [0.5, 0.6) is 0 Å². The van der Waals surface area contributed by atoms with Crippen LogP contribution < -0.4 is 5.73 Å². The molecule has 0 atom stereocenters. The number of aromatic nitrogens is 3. The molecule has 0 bridgehead atoms. The van der Waals surface area contributed by atoms with Crippen LogP contribution in [0, 0.1) is 11.6 Å². The Bertz CT molecular complexity index is 672. The van der Waals surface area contributed by atoms with Gasteiger partial charge in [0.15, 0.2) is 5.01 Å². The number of imidazole rings is 1. The van der Waals surface area contributed by atoms with Gasteiger partial charge in [0, 0.05) is 0 Å². The second-order valence-corrected chi connectivity index (χ2v) is 4.38. The van der Waals surface area contributed by atoms with Crippen LogP contribution in [0.25, 0.3) is 15.5 Å². The first-order valence-corrected chi connectivity index (χ1v) is 5.52. The van der Waals surface area contributed by atoms with Gasteiger partial charge in [0.2, 0.25) is 4.96 Å². The van der Waals surface area contributed by atoms with Crippen molar-refractivity contribution in [2.45, 2.75) is 0 Å². The van der Waals surface area contributed by atoms with Crippen molar-refractivity contribution in [3.05, 3.63) is 36.0 Å². The number of hydrogen-bond donors (Lipinski definition) is 1. The third-order valence-electron chi connectivity index (χ3n) is 2.22. The summed E-state index contributed by atoms with van der Waals surface area (Å²) in [6, 6.07) is 3.25. The number of hydrogen-bond acceptors (Lipinski definition) is 4. The highest BCUT2D eigenvalue weighted by Crippen LogP contribution is 2.28. The zero-order valence-electron chi connectivity index (χ0n) is 8.39. The predicted molar refractivity (Wildman–Crippen MR) is 60.6 cm³/mol. The van der Waals surface area contributed by atoms with Gasteiger partial charge in [0.05, 0.1) is 11.8 Å². The van der Waals surface area contributed by atoms with E-state index < -0.39 is 11.6 Å². The fourth-order valence-electron chi connectivity index (χ4n) is 1.49. The molecule has 3 aromatic rings. The lowest BCUT2D eigenvalue weighted by atomic mass is 10.2. The molecular formula is C10H6F2N4S. The molecule has 2 heterocycles. The monoisotopic (exact) mass is 252 g/mol. The van der Waals surface area contributed by atoms with Gasteiger partial charge in [-0.1, -0.05) is 11.3 Å². The van der Waals surface area contributed by atoms with Crippen molar-refractivity contribution in [2.24, 2.45) is 0 Å². The number of fused-ring (bicyclic) bond motifs is 1. The lowest BCUT2D eigenvalue weighted by Gasteiger charge is -1.97. The number of nitrogens with two attached hydrogens (primary N) is 1. The molecule has 0 aliphatic carbocycles. The van der Waals surface area contributed by atoms with Crippen molar-refractivity contribution in [1.29, 1.82) is 0 Å². The van der Waals surface area contributed by atoms with Gasteiger partial charge in [-0.05, 0) is 18.2 Å². The zero-order valence-corrected chi connectivity index (χ0v) is 9.21. The first kappa shape index (κ1) is 10.2. The minimum Gasteiger partial charge on any atom is -0.382 e. The summed E-state index contributed by atoms with van der Waals surface area (Å²) in [5.41, 5.74) is 5.60. The van der Waals surface area contributed by atoms with Crippen LogP contribution in [0.1, 0.15) is 0 Å². The molecule has 7 heteroatoms. The second kappa shape index (κ2) is 3.49. The minimum atomic E-state index is -0.517. The Morgan fingerprint density at radius 1 is 1.29 bits per heavy atom. The van der Waals surface area contributed by atoms with Crippen LogP contribution in [-0.4, -0.2) is 14.6 Å². The van der Waals surface area contributed by atoms with Crippen LogP contribution in [0.15, 0.2) is 24.4 Å². The van der Waals surface area contributed by atoms with Crippen molar-refractivity contribution in [3.63, 3.8) is 0 Å². The average Bonchev–Trinajstić information content (AvgIpc) is 2.78. The topological polar surface area (TPSA) is 56.2 Å². The highest BCUT2D eigenvalue weighted by Gasteiger charge is 2.13. The van der Waals surface area contributed by atoms with Gasteiger partial charge in [-0.15, -0.1) is 0 Å². The average molecular weight is 252 g/mol. The van der Waals surface area contributed by atoms with E-state index in [1.54, 1.807) is 0 Å². The number of rotatable bonds is 1. The van der Waals surface area contributed by atoms with E-state index in [0.29, 0.717) is 15.8 Å². The lowest BCUT2D eigenvalue weighted by molar-refractivity contribution is 0.603. The van der Waals surface area contributed by atoms with E-state index in [9.17, 15) is 8.78 Å². The molecule has 0 saturated carbocycles. The lowest BCUT2D eigenvalue weighted by Crippen LogP contribution is -1.88.